The number of fused-ring (bicyclic) bond motifs is 4. The standard InChI is InChI=1S/C25H21N7.C24H19N7.C23H17N7.C22H14ClN7.CH4/c1-4-22-30-21-15-28-25(29-20-9-7-18(14-27)8-10-20)31-24(21)32(22)23-16(2)12-19(6-5-11-26)13-17(23)3;1-15-11-19(5-4-10-25)12-16(2)22(15)31-17(3)28-21-14-27-24(30-23(21)31)29-20-8-6-18(13-26)7-9-20;1-15-10-18(4-3-9-24)11-16(2)21(15)30-14-27-20-13-26-23(29-22(20)30)28-19-7-5-17(12-25)6-8-19;1-14-9-16(3-2-8-24)10-18(23)20(14)30-13-27-19-12-26-22(29-21(19)30)28-17-6-4-15(11-25)5-7-17;/h5-10,12-13,15H,4H2,1-3H3,(H,28,29,31);4-9,11-12,14H,1-3H3,(H,27,29,30);3-8,10-11,13-14H,1-2H3,(H,26,28,29);2-7,9-10,12-13H,1H3,(H,26,28,29);1H4/b6-5+;5-4+;4-3+;3-2+;. The fourth-order valence-electron chi connectivity index (χ4n) is 13.9. The van der Waals surface area contributed by atoms with Crippen molar-refractivity contribution in [3.8, 4) is 71.3 Å². The third-order valence-corrected chi connectivity index (χ3v) is 19.4. The Hall–Kier alpha value is -17.7. The van der Waals surface area contributed by atoms with E-state index in [0.717, 1.165) is 136 Å². The molecule has 8 aromatic heterocycles. The van der Waals surface area contributed by atoms with Gasteiger partial charge < -0.3 is 21.3 Å². The maximum Gasteiger partial charge on any atom is 0.229 e. The first-order valence-corrected chi connectivity index (χ1v) is 38.4. The molecule has 0 saturated carbocycles. The van der Waals surface area contributed by atoms with Crippen LogP contribution in [0.25, 0.3) is 91.7 Å². The number of allylic oxidation sites excluding steroid dienone is 4. The zero-order valence-electron chi connectivity index (χ0n) is 67.8. The summed E-state index contributed by atoms with van der Waals surface area (Å²) in [5, 5.41) is 84.1. The normalized spacial score (nSPS) is 10.8. The topological polar surface area (TPSA) is 413 Å². The Bertz CT molecular complexity index is 6940. The Morgan fingerprint density at radius 3 is 0.935 bits per heavy atom. The summed E-state index contributed by atoms with van der Waals surface area (Å²) >= 11 is 6.55. The fourth-order valence-corrected chi connectivity index (χ4v) is 14.3. The third kappa shape index (κ3) is 19.6. The number of nitriles is 8. The summed E-state index contributed by atoms with van der Waals surface area (Å²) in [6.07, 6.45) is 23.8. The van der Waals surface area contributed by atoms with Crippen LogP contribution in [0.5, 0.6) is 0 Å². The van der Waals surface area contributed by atoms with Crippen molar-refractivity contribution in [2.45, 2.75) is 76.2 Å². The molecule has 0 amide bonds. The van der Waals surface area contributed by atoms with E-state index in [9.17, 15) is 0 Å². The Balaban J connectivity index is 0.000000150. The van der Waals surface area contributed by atoms with Crippen molar-refractivity contribution in [1.29, 1.82) is 42.1 Å². The number of benzene rings is 8. The first kappa shape index (κ1) is 85.7. The van der Waals surface area contributed by atoms with E-state index in [-0.39, 0.29) is 7.43 Å². The van der Waals surface area contributed by atoms with E-state index in [4.69, 9.17) is 68.6 Å². The number of anilines is 8. The Morgan fingerprint density at radius 1 is 0.331 bits per heavy atom. The van der Waals surface area contributed by atoms with E-state index in [1.165, 1.54) is 24.3 Å². The van der Waals surface area contributed by atoms with Crippen LogP contribution in [0, 0.1) is 146 Å². The molecular formula is C95H75ClN28. The summed E-state index contributed by atoms with van der Waals surface area (Å²) < 4.78 is 7.88. The molecular weight excluding hydrogens is 1570 g/mol. The number of hydrogen-bond donors (Lipinski definition) is 4. The smallest absolute Gasteiger partial charge is 0.229 e. The van der Waals surface area contributed by atoms with E-state index in [1.807, 2.05) is 146 Å². The molecule has 602 valence electrons. The van der Waals surface area contributed by atoms with Crippen molar-refractivity contribution in [2.75, 3.05) is 21.3 Å². The molecule has 0 atom stereocenters. The second-order valence-electron chi connectivity index (χ2n) is 27.8. The van der Waals surface area contributed by atoms with E-state index in [0.29, 0.717) is 84.6 Å². The predicted molar refractivity (Wildman–Crippen MR) is 482 cm³/mol. The van der Waals surface area contributed by atoms with Crippen LogP contribution >= 0.6 is 11.6 Å². The van der Waals surface area contributed by atoms with Gasteiger partial charge in [-0.3, -0.25) is 18.3 Å². The van der Waals surface area contributed by atoms with Crippen LogP contribution < -0.4 is 21.3 Å². The van der Waals surface area contributed by atoms with E-state index >= 15 is 0 Å². The summed E-state index contributed by atoms with van der Waals surface area (Å²) in [6, 6.07) is 60.8. The second kappa shape index (κ2) is 39.1. The highest BCUT2D eigenvalue weighted by atomic mass is 35.5. The van der Waals surface area contributed by atoms with Gasteiger partial charge in [-0.1, -0.05) is 26.0 Å². The van der Waals surface area contributed by atoms with Crippen molar-refractivity contribution < 1.29 is 0 Å². The molecule has 16 aromatic rings. The van der Waals surface area contributed by atoms with E-state index in [1.54, 1.807) is 128 Å². The molecule has 16 rings (SSSR count). The lowest BCUT2D eigenvalue weighted by molar-refractivity contribution is 0.890. The molecule has 28 nitrogen and oxygen atoms in total. The summed E-state index contributed by atoms with van der Waals surface area (Å²) in [4.78, 5) is 54.4. The number of nitrogens with zero attached hydrogens (tertiary/aromatic N) is 24. The minimum Gasteiger partial charge on any atom is -0.324 e. The van der Waals surface area contributed by atoms with E-state index in [2.05, 4.69) is 128 Å². The van der Waals surface area contributed by atoms with Gasteiger partial charge in [0, 0.05) is 53.5 Å². The van der Waals surface area contributed by atoms with Crippen LogP contribution in [0.2, 0.25) is 5.02 Å². The zero-order chi connectivity index (χ0) is 86.8. The highest BCUT2D eigenvalue weighted by Gasteiger charge is 2.22. The van der Waals surface area contributed by atoms with Crippen molar-refractivity contribution in [3.05, 3.63) is 307 Å². The molecule has 0 spiro atoms. The maximum absolute atomic E-state index is 8.98. The average molecular weight is 1640 g/mol. The molecule has 0 bridgehead atoms. The highest BCUT2D eigenvalue weighted by molar-refractivity contribution is 6.32. The van der Waals surface area contributed by atoms with Gasteiger partial charge in [0.25, 0.3) is 0 Å². The molecule has 124 heavy (non-hydrogen) atoms. The molecule has 0 radical (unpaired) electrons. The van der Waals surface area contributed by atoms with Gasteiger partial charge in [-0.15, -0.1) is 0 Å². The molecule has 0 aliphatic rings. The first-order valence-electron chi connectivity index (χ1n) is 38.1. The number of aryl methyl sites for hydroxylation is 9. The molecule has 8 heterocycles. The fraction of sp³-hybridized carbons (Fsp3) is 0.116. The molecule has 0 saturated heterocycles. The Morgan fingerprint density at radius 2 is 0.613 bits per heavy atom. The quantitative estimate of drug-likeness (QED) is 0.0615. The van der Waals surface area contributed by atoms with E-state index < -0.39 is 0 Å². The van der Waals surface area contributed by atoms with Crippen molar-refractivity contribution in [2.24, 2.45) is 0 Å². The van der Waals surface area contributed by atoms with Gasteiger partial charge in [0.1, 0.15) is 46.4 Å². The second-order valence-corrected chi connectivity index (χ2v) is 28.2. The van der Waals surface area contributed by atoms with Crippen LogP contribution in [-0.2, 0) is 6.42 Å². The highest BCUT2D eigenvalue weighted by Crippen LogP contribution is 2.34. The van der Waals surface area contributed by atoms with Gasteiger partial charge >= 0.3 is 0 Å². The van der Waals surface area contributed by atoms with Gasteiger partial charge in [-0.05, 0) is 286 Å². The third-order valence-electron chi connectivity index (χ3n) is 19.2. The van der Waals surface area contributed by atoms with Crippen LogP contribution in [0.3, 0.4) is 0 Å². The number of halogens is 1. The SMILES string of the molecule is C.CCc1nc2cnc(Nc3ccc(C#N)cc3)nc2n1-c1c(C)cc(/C=C/C#N)cc1C.Cc1cc(/C=C/C#N)cc(C)c1-n1c(C)nc2cnc(Nc3ccc(C#N)cc3)nc21.Cc1cc(/C=C/C#N)cc(C)c1-n1cnc2cnc(Nc3ccc(C#N)cc3)nc21.Cc1cc(/C=C/C#N)cc(Cl)c1-n1cnc2cnc(Nc3ccc(C#N)cc3)nc21. The number of nitrogens with one attached hydrogen (secondary N) is 4. The molecule has 0 aliphatic carbocycles. The number of imidazole rings is 4. The zero-order valence-corrected chi connectivity index (χ0v) is 68.5. The largest absolute Gasteiger partial charge is 0.324 e. The van der Waals surface area contributed by atoms with Crippen LogP contribution in [0.4, 0.5) is 46.5 Å². The molecule has 0 aliphatic heterocycles. The molecule has 4 N–H and O–H groups in total. The first-order chi connectivity index (χ1) is 59.7. The van der Waals surface area contributed by atoms with Gasteiger partial charge in [0.15, 0.2) is 22.6 Å². The number of rotatable bonds is 17. The van der Waals surface area contributed by atoms with Crippen LogP contribution in [0.15, 0.2) is 207 Å². The lowest BCUT2D eigenvalue weighted by Crippen LogP contribution is -2.07. The van der Waals surface area contributed by atoms with Gasteiger partial charge in [-0.25, -0.2) is 39.9 Å². The summed E-state index contributed by atoms with van der Waals surface area (Å²) in [6.45, 7) is 18.2. The number of hydrogen-bond acceptors (Lipinski definition) is 24. The maximum atomic E-state index is 8.98. The monoisotopic (exact) mass is 1640 g/mol. The lowest BCUT2D eigenvalue weighted by atomic mass is 10.0. The molecule has 8 aromatic carbocycles. The summed E-state index contributed by atoms with van der Waals surface area (Å²) in [7, 11) is 0. The Labute approximate surface area is 719 Å². The lowest BCUT2D eigenvalue weighted by Gasteiger charge is -2.15. The molecule has 29 heteroatoms. The van der Waals surface area contributed by atoms with Crippen molar-refractivity contribution >= 4 is 127 Å². The Kier molecular flexibility index (Phi) is 27.0. The van der Waals surface area contributed by atoms with Gasteiger partial charge in [0.2, 0.25) is 23.8 Å². The van der Waals surface area contributed by atoms with Crippen LogP contribution in [-0.4, -0.2) is 78.1 Å². The predicted octanol–water partition coefficient (Wildman–Crippen LogP) is 20.2. The van der Waals surface area contributed by atoms with Gasteiger partial charge in [-0.2, -0.15) is 62.0 Å². The number of aromatic nitrogens is 16. The minimum absolute atomic E-state index is 0. The summed E-state index contributed by atoms with van der Waals surface area (Å²) in [5.41, 5.74) is 25.8. The molecule has 0 fully saturated rings. The average Bonchev–Trinajstić information content (AvgIpc) is 1.60. The van der Waals surface area contributed by atoms with Crippen molar-refractivity contribution in [1.82, 2.24) is 78.1 Å². The van der Waals surface area contributed by atoms with Crippen molar-refractivity contribution in [3.63, 3.8) is 0 Å². The van der Waals surface area contributed by atoms with Crippen LogP contribution in [0.1, 0.15) is 109 Å². The molecule has 0 unspecified atom stereocenters. The minimum atomic E-state index is 0. The summed E-state index contributed by atoms with van der Waals surface area (Å²) in [5.74, 6) is 3.45. The van der Waals surface area contributed by atoms with Gasteiger partial charge in [0.05, 0.1) is 123 Å².